The standard InChI is InChI=1S/C17H11FN4OS2/c18-11-4-1-3-10(7-11)14-9-25-17(19-14)20-16(23)13-8-12(21-22-13)15-5-2-6-24-15/h1-9H,(H,21,22)(H,19,20,23). The Bertz CT molecular complexity index is 1020. The second-order valence-electron chi connectivity index (χ2n) is 5.15. The third kappa shape index (κ3) is 3.35. The molecule has 124 valence electrons. The molecule has 2 N–H and O–H groups in total. The first-order valence-electron chi connectivity index (χ1n) is 7.31. The van der Waals surface area contributed by atoms with Crippen molar-refractivity contribution in [2.45, 2.75) is 0 Å². The summed E-state index contributed by atoms with van der Waals surface area (Å²) in [6.45, 7) is 0. The predicted molar refractivity (Wildman–Crippen MR) is 97.4 cm³/mol. The number of nitrogens with one attached hydrogen (secondary N) is 2. The molecule has 0 unspecified atom stereocenters. The first kappa shape index (κ1) is 15.7. The summed E-state index contributed by atoms with van der Waals surface area (Å²) in [6, 6.07) is 11.8. The minimum Gasteiger partial charge on any atom is -0.296 e. The lowest BCUT2D eigenvalue weighted by molar-refractivity contribution is 0.102. The third-order valence-corrected chi connectivity index (χ3v) is 5.10. The molecule has 0 aliphatic carbocycles. The van der Waals surface area contributed by atoms with Crippen molar-refractivity contribution in [3.8, 4) is 21.8 Å². The van der Waals surface area contributed by atoms with Gasteiger partial charge in [-0.3, -0.25) is 15.2 Å². The van der Waals surface area contributed by atoms with Crippen LogP contribution in [-0.4, -0.2) is 21.1 Å². The Morgan fingerprint density at radius 3 is 2.88 bits per heavy atom. The maximum Gasteiger partial charge on any atom is 0.277 e. The summed E-state index contributed by atoms with van der Waals surface area (Å²) in [5.41, 5.74) is 2.35. The molecule has 0 fully saturated rings. The molecule has 0 atom stereocenters. The van der Waals surface area contributed by atoms with E-state index in [0.717, 1.165) is 10.6 Å². The van der Waals surface area contributed by atoms with E-state index in [1.165, 1.54) is 23.5 Å². The highest BCUT2D eigenvalue weighted by Crippen LogP contribution is 2.26. The number of rotatable bonds is 4. The van der Waals surface area contributed by atoms with E-state index in [4.69, 9.17) is 0 Å². The van der Waals surface area contributed by atoms with E-state index in [1.807, 2.05) is 17.5 Å². The molecule has 3 aromatic heterocycles. The van der Waals surface area contributed by atoms with Crippen molar-refractivity contribution >= 4 is 33.7 Å². The van der Waals surface area contributed by atoms with Crippen LogP contribution < -0.4 is 5.32 Å². The molecule has 0 bridgehead atoms. The molecule has 0 radical (unpaired) electrons. The maximum absolute atomic E-state index is 13.3. The van der Waals surface area contributed by atoms with Gasteiger partial charge < -0.3 is 0 Å². The third-order valence-electron chi connectivity index (χ3n) is 3.44. The molecular weight excluding hydrogens is 359 g/mol. The highest BCUT2D eigenvalue weighted by atomic mass is 32.1. The summed E-state index contributed by atoms with van der Waals surface area (Å²) >= 11 is 2.84. The van der Waals surface area contributed by atoms with Gasteiger partial charge in [-0.05, 0) is 29.6 Å². The van der Waals surface area contributed by atoms with Crippen LogP contribution in [-0.2, 0) is 0 Å². The van der Waals surface area contributed by atoms with Gasteiger partial charge in [0.2, 0.25) is 0 Å². The number of hydrogen-bond acceptors (Lipinski definition) is 5. The Hall–Kier alpha value is -2.84. The van der Waals surface area contributed by atoms with E-state index in [2.05, 4.69) is 20.5 Å². The highest BCUT2D eigenvalue weighted by molar-refractivity contribution is 7.14. The van der Waals surface area contributed by atoms with Crippen LogP contribution in [0.25, 0.3) is 21.8 Å². The van der Waals surface area contributed by atoms with Crippen molar-refractivity contribution in [3.05, 3.63) is 64.7 Å². The van der Waals surface area contributed by atoms with Gasteiger partial charge in [-0.25, -0.2) is 9.37 Å². The number of amides is 1. The van der Waals surface area contributed by atoms with Crippen molar-refractivity contribution in [1.29, 1.82) is 0 Å². The average Bonchev–Trinajstić information content (AvgIpc) is 3.35. The first-order valence-corrected chi connectivity index (χ1v) is 9.07. The van der Waals surface area contributed by atoms with Gasteiger partial charge in [0.15, 0.2) is 10.8 Å². The normalized spacial score (nSPS) is 10.8. The number of anilines is 1. The van der Waals surface area contributed by atoms with Crippen molar-refractivity contribution in [1.82, 2.24) is 15.2 Å². The quantitative estimate of drug-likeness (QED) is 0.549. The molecule has 1 amide bonds. The fraction of sp³-hybridized carbons (Fsp3) is 0. The molecule has 0 aliphatic heterocycles. The number of benzene rings is 1. The molecule has 25 heavy (non-hydrogen) atoms. The molecular formula is C17H11FN4OS2. The lowest BCUT2D eigenvalue weighted by Gasteiger charge is -1.98. The van der Waals surface area contributed by atoms with Crippen molar-refractivity contribution in [2.24, 2.45) is 0 Å². The summed E-state index contributed by atoms with van der Waals surface area (Å²) in [7, 11) is 0. The number of carbonyl (C=O) groups is 1. The summed E-state index contributed by atoms with van der Waals surface area (Å²) < 4.78 is 13.3. The SMILES string of the molecule is O=C(Nc1nc(-c2cccc(F)c2)cs1)c1cc(-c2cccs2)[nH]n1. The van der Waals surface area contributed by atoms with Gasteiger partial charge in [0.25, 0.3) is 5.91 Å². The number of halogens is 1. The molecule has 5 nitrogen and oxygen atoms in total. The van der Waals surface area contributed by atoms with E-state index in [9.17, 15) is 9.18 Å². The van der Waals surface area contributed by atoms with Gasteiger partial charge in [0.1, 0.15) is 5.82 Å². The maximum atomic E-state index is 13.3. The predicted octanol–water partition coefficient (Wildman–Crippen LogP) is 4.65. The van der Waals surface area contributed by atoms with E-state index in [-0.39, 0.29) is 17.4 Å². The Kier molecular flexibility index (Phi) is 4.12. The Balaban J connectivity index is 1.50. The number of nitrogens with zero attached hydrogens (tertiary/aromatic N) is 2. The van der Waals surface area contributed by atoms with Gasteiger partial charge in [-0.15, -0.1) is 22.7 Å². The van der Waals surface area contributed by atoms with Gasteiger partial charge in [-0.1, -0.05) is 18.2 Å². The second kappa shape index (κ2) is 6.58. The molecule has 4 rings (SSSR count). The van der Waals surface area contributed by atoms with Crippen LogP contribution in [0, 0.1) is 5.82 Å². The van der Waals surface area contributed by atoms with Crippen LogP contribution in [0.3, 0.4) is 0 Å². The summed E-state index contributed by atoms with van der Waals surface area (Å²) in [6.07, 6.45) is 0. The highest BCUT2D eigenvalue weighted by Gasteiger charge is 2.14. The van der Waals surface area contributed by atoms with Gasteiger partial charge in [0.05, 0.1) is 16.3 Å². The molecule has 4 aromatic rings. The molecule has 0 aliphatic rings. The number of thiophene rings is 1. The molecule has 3 heterocycles. The molecule has 0 saturated heterocycles. The van der Waals surface area contributed by atoms with Gasteiger partial charge >= 0.3 is 0 Å². The molecule has 0 spiro atoms. The van der Waals surface area contributed by atoms with Crippen molar-refractivity contribution < 1.29 is 9.18 Å². The zero-order valence-electron chi connectivity index (χ0n) is 12.7. The van der Waals surface area contributed by atoms with E-state index < -0.39 is 0 Å². The lowest BCUT2D eigenvalue weighted by atomic mass is 10.2. The number of thiazole rings is 1. The summed E-state index contributed by atoms with van der Waals surface area (Å²) in [4.78, 5) is 17.6. The zero-order chi connectivity index (χ0) is 17.2. The van der Waals surface area contributed by atoms with Crippen LogP contribution in [0.5, 0.6) is 0 Å². The topological polar surface area (TPSA) is 70.7 Å². The Labute approximate surface area is 150 Å². The number of carbonyl (C=O) groups excluding carboxylic acids is 1. The van der Waals surface area contributed by atoms with Crippen LogP contribution in [0.4, 0.5) is 9.52 Å². The van der Waals surface area contributed by atoms with Crippen LogP contribution in [0.15, 0.2) is 53.2 Å². The number of hydrogen-bond donors (Lipinski definition) is 2. The van der Waals surface area contributed by atoms with Crippen LogP contribution in [0.2, 0.25) is 0 Å². The van der Waals surface area contributed by atoms with E-state index in [0.29, 0.717) is 16.4 Å². The van der Waals surface area contributed by atoms with Crippen LogP contribution in [0.1, 0.15) is 10.5 Å². The lowest BCUT2D eigenvalue weighted by Crippen LogP contribution is -2.12. The Morgan fingerprint density at radius 2 is 2.08 bits per heavy atom. The molecule has 0 saturated carbocycles. The van der Waals surface area contributed by atoms with E-state index in [1.54, 1.807) is 34.9 Å². The number of aromatic nitrogens is 3. The molecule has 1 aromatic carbocycles. The summed E-state index contributed by atoms with van der Waals surface area (Å²) in [5, 5.41) is 13.8. The number of aromatic amines is 1. The zero-order valence-corrected chi connectivity index (χ0v) is 14.3. The minimum absolute atomic E-state index is 0.283. The van der Waals surface area contributed by atoms with Gasteiger partial charge in [0, 0.05) is 10.9 Å². The van der Waals surface area contributed by atoms with Crippen molar-refractivity contribution in [2.75, 3.05) is 5.32 Å². The van der Waals surface area contributed by atoms with Crippen LogP contribution >= 0.6 is 22.7 Å². The summed E-state index contributed by atoms with van der Waals surface area (Å²) in [5.74, 6) is -0.673. The van der Waals surface area contributed by atoms with Gasteiger partial charge in [-0.2, -0.15) is 5.10 Å². The minimum atomic E-state index is -0.348. The largest absolute Gasteiger partial charge is 0.296 e. The molecule has 8 heteroatoms. The fourth-order valence-electron chi connectivity index (χ4n) is 2.27. The first-order chi connectivity index (χ1) is 12.2. The van der Waals surface area contributed by atoms with E-state index >= 15 is 0 Å². The number of H-pyrrole nitrogens is 1. The second-order valence-corrected chi connectivity index (χ2v) is 6.95. The monoisotopic (exact) mass is 370 g/mol. The smallest absolute Gasteiger partial charge is 0.277 e. The fourth-order valence-corrected chi connectivity index (χ4v) is 3.68. The average molecular weight is 370 g/mol. The van der Waals surface area contributed by atoms with Crippen molar-refractivity contribution in [3.63, 3.8) is 0 Å². The Morgan fingerprint density at radius 1 is 1.16 bits per heavy atom.